The van der Waals surface area contributed by atoms with Gasteiger partial charge in [-0.05, 0) is 47.0 Å². The van der Waals surface area contributed by atoms with Crippen molar-refractivity contribution in [3.8, 4) is 17.2 Å². The third-order valence-corrected chi connectivity index (χ3v) is 5.72. The lowest BCUT2D eigenvalue weighted by Crippen LogP contribution is -2.54. The van der Waals surface area contributed by atoms with E-state index in [1.807, 2.05) is 0 Å². The molecule has 0 aromatic heterocycles. The minimum absolute atomic E-state index is 0.0425. The molecule has 0 unspecified atom stereocenters. The highest BCUT2D eigenvalue weighted by molar-refractivity contribution is 6.00. The maximum Gasteiger partial charge on any atom is 0.167 e. The molecule has 0 radical (unpaired) electrons. The standard InChI is InChI=1S/C18H22O4/c1-9(19)14-12(20)7-13-15-10-8-18(4,21-13)6-5-11(10)17(2,3)22-16(14)15/h7,10-11,20H,5-6,8H2,1-4H3/t10-,11-,18-/m0/s1. The molecule has 2 heterocycles. The fraction of sp³-hybridized carbons (Fsp3) is 0.611. The van der Waals surface area contributed by atoms with E-state index in [-0.39, 0.29) is 22.7 Å². The van der Waals surface area contributed by atoms with Crippen molar-refractivity contribution in [3.05, 3.63) is 17.2 Å². The van der Waals surface area contributed by atoms with E-state index in [4.69, 9.17) is 9.47 Å². The number of carbonyl (C=O) groups is 1. The summed E-state index contributed by atoms with van der Waals surface area (Å²) in [5, 5.41) is 10.3. The molecule has 1 aromatic rings. The highest BCUT2D eigenvalue weighted by Crippen LogP contribution is 2.61. The minimum atomic E-state index is -0.342. The van der Waals surface area contributed by atoms with Gasteiger partial charge < -0.3 is 14.6 Å². The number of fused-ring (bicyclic) bond motifs is 1. The Labute approximate surface area is 130 Å². The number of ether oxygens (including phenoxy) is 2. The van der Waals surface area contributed by atoms with Crippen LogP contribution in [-0.4, -0.2) is 22.1 Å². The van der Waals surface area contributed by atoms with Crippen molar-refractivity contribution in [3.63, 3.8) is 0 Å². The van der Waals surface area contributed by atoms with Gasteiger partial charge in [0.15, 0.2) is 5.78 Å². The van der Waals surface area contributed by atoms with Gasteiger partial charge >= 0.3 is 0 Å². The van der Waals surface area contributed by atoms with Gasteiger partial charge in [-0.2, -0.15) is 0 Å². The lowest BCUT2D eigenvalue weighted by atomic mass is 9.61. The first-order chi connectivity index (χ1) is 10.2. The number of aromatic hydroxyl groups is 1. The molecule has 0 amide bonds. The molecule has 0 spiro atoms. The van der Waals surface area contributed by atoms with Gasteiger partial charge in [-0.1, -0.05) is 0 Å². The Morgan fingerprint density at radius 3 is 2.73 bits per heavy atom. The Morgan fingerprint density at radius 2 is 2.05 bits per heavy atom. The van der Waals surface area contributed by atoms with Gasteiger partial charge in [-0.25, -0.2) is 0 Å². The van der Waals surface area contributed by atoms with Crippen molar-refractivity contribution in [1.82, 2.24) is 0 Å². The molecule has 22 heavy (non-hydrogen) atoms. The molecule has 118 valence electrons. The molecular weight excluding hydrogens is 280 g/mol. The van der Waals surface area contributed by atoms with Crippen molar-refractivity contribution in [2.75, 3.05) is 0 Å². The minimum Gasteiger partial charge on any atom is -0.507 e. The smallest absolute Gasteiger partial charge is 0.167 e. The summed E-state index contributed by atoms with van der Waals surface area (Å²) in [6.07, 6.45) is 3.00. The van der Waals surface area contributed by atoms with Crippen molar-refractivity contribution < 1.29 is 19.4 Å². The van der Waals surface area contributed by atoms with Crippen LogP contribution in [0.1, 0.15) is 68.8 Å². The average molecular weight is 302 g/mol. The molecule has 1 aliphatic carbocycles. The van der Waals surface area contributed by atoms with Crippen LogP contribution in [0.4, 0.5) is 0 Å². The molecule has 4 rings (SSSR count). The molecule has 1 N–H and O–H groups in total. The summed E-state index contributed by atoms with van der Waals surface area (Å²) in [5.74, 6) is 1.77. The van der Waals surface area contributed by atoms with Crippen LogP contribution in [-0.2, 0) is 0 Å². The fourth-order valence-corrected chi connectivity index (χ4v) is 4.72. The molecule has 2 bridgehead atoms. The third kappa shape index (κ3) is 1.67. The monoisotopic (exact) mass is 302 g/mol. The molecular formula is C18H22O4. The van der Waals surface area contributed by atoms with Gasteiger partial charge in [0.05, 0.1) is 0 Å². The van der Waals surface area contributed by atoms with Gasteiger partial charge in [0, 0.05) is 23.5 Å². The number of Topliss-reactive ketones (excluding diaryl/α,β-unsaturated/α-hetero) is 1. The molecule has 4 nitrogen and oxygen atoms in total. The summed E-state index contributed by atoms with van der Waals surface area (Å²) in [7, 11) is 0. The zero-order chi connectivity index (χ0) is 15.9. The summed E-state index contributed by atoms with van der Waals surface area (Å²) in [6.45, 7) is 7.79. The SMILES string of the molecule is CC(=O)c1c(O)cc2c3c1OC(C)(C)[C@H]1CC[C@@](C)(C[C@H]31)O2. The molecule has 1 aromatic carbocycles. The molecule has 2 aliphatic heterocycles. The van der Waals surface area contributed by atoms with Crippen LogP contribution in [0, 0.1) is 5.92 Å². The summed E-state index contributed by atoms with van der Waals surface area (Å²) in [6, 6.07) is 1.60. The lowest BCUT2D eigenvalue weighted by Gasteiger charge is -2.55. The Morgan fingerprint density at radius 1 is 1.32 bits per heavy atom. The highest BCUT2D eigenvalue weighted by Gasteiger charge is 2.55. The van der Waals surface area contributed by atoms with E-state index >= 15 is 0 Å². The van der Waals surface area contributed by atoms with Crippen molar-refractivity contribution in [2.45, 2.75) is 64.1 Å². The van der Waals surface area contributed by atoms with Crippen molar-refractivity contribution in [2.24, 2.45) is 5.92 Å². The summed E-state index contributed by atoms with van der Waals surface area (Å²) >= 11 is 0. The fourth-order valence-electron chi connectivity index (χ4n) is 4.72. The van der Waals surface area contributed by atoms with Crippen LogP contribution in [0.15, 0.2) is 6.07 Å². The van der Waals surface area contributed by atoms with Crippen molar-refractivity contribution >= 4 is 5.78 Å². The molecule has 1 saturated carbocycles. The zero-order valence-electron chi connectivity index (χ0n) is 13.5. The third-order valence-electron chi connectivity index (χ3n) is 5.72. The zero-order valence-corrected chi connectivity index (χ0v) is 13.5. The number of hydrogen-bond donors (Lipinski definition) is 1. The second-order valence-corrected chi connectivity index (χ2v) is 7.78. The number of rotatable bonds is 1. The first kappa shape index (κ1) is 13.9. The first-order valence-corrected chi connectivity index (χ1v) is 8.01. The van der Waals surface area contributed by atoms with E-state index in [2.05, 4.69) is 20.8 Å². The predicted molar refractivity (Wildman–Crippen MR) is 81.9 cm³/mol. The van der Waals surface area contributed by atoms with Crippen LogP contribution in [0.25, 0.3) is 0 Å². The van der Waals surface area contributed by atoms with Gasteiger partial charge in [-0.3, -0.25) is 4.79 Å². The van der Waals surface area contributed by atoms with Gasteiger partial charge in [0.2, 0.25) is 0 Å². The van der Waals surface area contributed by atoms with E-state index in [9.17, 15) is 9.90 Å². The Hall–Kier alpha value is -1.71. The van der Waals surface area contributed by atoms with Crippen LogP contribution < -0.4 is 9.47 Å². The largest absolute Gasteiger partial charge is 0.507 e. The number of phenols is 1. The van der Waals surface area contributed by atoms with Gasteiger partial charge in [0.25, 0.3) is 0 Å². The Bertz CT molecular complexity index is 691. The van der Waals surface area contributed by atoms with E-state index in [0.717, 1.165) is 24.8 Å². The molecule has 0 saturated heterocycles. The summed E-state index contributed by atoms with van der Waals surface area (Å²) in [5.41, 5.74) is 0.766. The number of phenolic OH excluding ortho intramolecular Hbond substituents is 1. The second-order valence-electron chi connectivity index (χ2n) is 7.78. The van der Waals surface area contributed by atoms with E-state index in [0.29, 0.717) is 28.9 Å². The van der Waals surface area contributed by atoms with E-state index < -0.39 is 0 Å². The maximum absolute atomic E-state index is 12.0. The number of carbonyl (C=O) groups excluding carboxylic acids is 1. The normalized spacial score (nSPS) is 33.6. The number of ketones is 1. The quantitative estimate of drug-likeness (QED) is 0.802. The predicted octanol–water partition coefficient (Wildman–Crippen LogP) is 3.80. The highest BCUT2D eigenvalue weighted by atomic mass is 16.5. The number of benzene rings is 1. The van der Waals surface area contributed by atoms with Crippen LogP contribution >= 0.6 is 0 Å². The Balaban J connectivity index is 2.03. The topological polar surface area (TPSA) is 55.8 Å². The Kier molecular flexibility index (Phi) is 2.52. The average Bonchev–Trinajstić information content (AvgIpc) is 2.34. The van der Waals surface area contributed by atoms with E-state index in [1.54, 1.807) is 6.07 Å². The second kappa shape index (κ2) is 3.98. The van der Waals surface area contributed by atoms with Gasteiger partial charge in [0.1, 0.15) is 34.0 Å². The van der Waals surface area contributed by atoms with Crippen molar-refractivity contribution in [1.29, 1.82) is 0 Å². The summed E-state index contributed by atoms with van der Waals surface area (Å²) < 4.78 is 12.4. The molecule has 3 atom stereocenters. The van der Waals surface area contributed by atoms with Crippen LogP contribution in [0.2, 0.25) is 0 Å². The maximum atomic E-state index is 12.0. The molecule has 4 heteroatoms. The first-order valence-electron chi connectivity index (χ1n) is 8.01. The lowest BCUT2D eigenvalue weighted by molar-refractivity contribution is -0.0731. The summed E-state index contributed by atoms with van der Waals surface area (Å²) in [4.78, 5) is 12.0. The van der Waals surface area contributed by atoms with Crippen LogP contribution in [0.5, 0.6) is 17.2 Å². The molecule has 3 aliphatic rings. The van der Waals surface area contributed by atoms with Crippen LogP contribution in [0.3, 0.4) is 0 Å². The van der Waals surface area contributed by atoms with E-state index in [1.165, 1.54) is 6.92 Å². The van der Waals surface area contributed by atoms with Gasteiger partial charge in [-0.15, -0.1) is 0 Å². The number of hydrogen-bond acceptors (Lipinski definition) is 4. The molecule has 1 fully saturated rings.